The number of rotatable bonds is 1. The Bertz CT molecular complexity index is 1480. The number of ether oxygens (including phenoxy) is 1. The van der Waals surface area contributed by atoms with Crippen LogP contribution in [-0.4, -0.2) is 12.3 Å². The summed E-state index contributed by atoms with van der Waals surface area (Å²) in [6.45, 7) is 2.50. The van der Waals surface area contributed by atoms with Gasteiger partial charge in [-0.1, -0.05) is 35.4 Å². The molecule has 0 unspecified atom stereocenters. The zero-order valence-corrected chi connectivity index (χ0v) is 18.7. The number of nitrogens with zero attached hydrogens (tertiary/aromatic N) is 1. The Morgan fingerprint density at radius 2 is 1.97 bits per heavy atom. The van der Waals surface area contributed by atoms with Gasteiger partial charge in [0.1, 0.15) is 11.3 Å². The van der Waals surface area contributed by atoms with E-state index in [1.54, 1.807) is 36.2 Å². The zero-order valence-electron chi connectivity index (χ0n) is 17.2. The molecule has 0 amide bonds. The molecule has 4 nitrogen and oxygen atoms in total. The molecular formula is C26H18ClNO3S. The lowest BCUT2D eigenvalue weighted by Gasteiger charge is -2.31. The third kappa shape index (κ3) is 3.15. The van der Waals surface area contributed by atoms with Crippen molar-refractivity contribution in [1.29, 1.82) is 0 Å². The molecule has 2 atom stereocenters. The van der Waals surface area contributed by atoms with Gasteiger partial charge in [-0.2, -0.15) is 0 Å². The van der Waals surface area contributed by atoms with Crippen molar-refractivity contribution >= 4 is 45.7 Å². The van der Waals surface area contributed by atoms with Crippen LogP contribution >= 0.6 is 23.4 Å². The summed E-state index contributed by atoms with van der Waals surface area (Å²) >= 11 is 7.81. The summed E-state index contributed by atoms with van der Waals surface area (Å²) < 4.78 is 12.0. The number of halogens is 1. The number of hydrogen-bond acceptors (Lipinski definition) is 5. The van der Waals surface area contributed by atoms with Gasteiger partial charge in [0.05, 0.1) is 40.8 Å². The van der Waals surface area contributed by atoms with E-state index >= 15 is 0 Å². The number of fused-ring (bicyclic) bond motifs is 5. The van der Waals surface area contributed by atoms with Crippen molar-refractivity contribution in [3.8, 4) is 5.75 Å². The van der Waals surface area contributed by atoms with E-state index in [2.05, 4.69) is 13.0 Å². The van der Waals surface area contributed by atoms with Crippen LogP contribution in [0.1, 0.15) is 21.9 Å². The maximum atomic E-state index is 13.6. The third-order valence-electron chi connectivity index (χ3n) is 5.97. The van der Waals surface area contributed by atoms with Crippen LogP contribution in [0.2, 0.25) is 5.02 Å². The first-order valence-electron chi connectivity index (χ1n) is 10.4. The summed E-state index contributed by atoms with van der Waals surface area (Å²) in [6, 6.07) is 19.3. The Morgan fingerprint density at radius 1 is 1.09 bits per heavy atom. The second-order valence-corrected chi connectivity index (χ2v) is 9.70. The van der Waals surface area contributed by atoms with Crippen molar-refractivity contribution in [2.24, 2.45) is 10.9 Å². The molecule has 158 valence electrons. The highest BCUT2D eigenvalue weighted by Crippen LogP contribution is 2.50. The number of thioether (sulfide) groups is 1. The van der Waals surface area contributed by atoms with Crippen LogP contribution in [0.3, 0.4) is 0 Å². The van der Waals surface area contributed by atoms with Crippen LogP contribution in [0.25, 0.3) is 11.0 Å². The van der Waals surface area contributed by atoms with Crippen LogP contribution in [0.4, 0.5) is 5.69 Å². The molecule has 4 aromatic rings. The van der Waals surface area contributed by atoms with E-state index in [1.807, 2.05) is 36.4 Å². The first kappa shape index (κ1) is 19.6. The summed E-state index contributed by atoms with van der Waals surface area (Å²) in [5.74, 6) is 0.715. The molecular weight excluding hydrogens is 442 g/mol. The summed E-state index contributed by atoms with van der Waals surface area (Å²) in [7, 11) is 0. The molecule has 0 radical (unpaired) electrons. The fourth-order valence-electron chi connectivity index (χ4n) is 4.39. The molecule has 6 rings (SSSR count). The molecule has 1 aromatic heterocycles. The SMILES string of the molecule is Cc1ccc2c(c1)C1=Nc3ccccc3S[C@@H](c3coc4ccc(Cl)cc4c3=O)[C@H]1CO2. The van der Waals surface area contributed by atoms with E-state index in [-0.39, 0.29) is 16.6 Å². The van der Waals surface area contributed by atoms with E-state index in [0.29, 0.717) is 28.2 Å². The van der Waals surface area contributed by atoms with Crippen LogP contribution in [-0.2, 0) is 0 Å². The fourth-order valence-corrected chi connectivity index (χ4v) is 5.89. The van der Waals surface area contributed by atoms with E-state index < -0.39 is 0 Å². The Hall–Kier alpha value is -3.02. The summed E-state index contributed by atoms with van der Waals surface area (Å²) in [4.78, 5) is 19.7. The molecule has 2 aliphatic rings. The lowest BCUT2D eigenvalue weighted by molar-refractivity contribution is 0.271. The Morgan fingerprint density at radius 3 is 2.88 bits per heavy atom. The molecule has 0 bridgehead atoms. The summed E-state index contributed by atoms with van der Waals surface area (Å²) in [6.07, 6.45) is 1.59. The average Bonchev–Trinajstić information content (AvgIpc) is 2.97. The second kappa shape index (κ2) is 7.54. The molecule has 2 aliphatic heterocycles. The minimum atomic E-state index is -0.217. The van der Waals surface area contributed by atoms with Crippen LogP contribution in [0.15, 0.2) is 86.0 Å². The quantitative estimate of drug-likeness (QED) is 0.316. The van der Waals surface area contributed by atoms with Crippen molar-refractivity contribution in [2.45, 2.75) is 17.1 Å². The maximum Gasteiger partial charge on any atom is 0.197 e. The molecule has 32 heavy (non-hydrogen) atoms. The first-order chi connectivity index (χ1) is 15.6. The topological polar surface area (TPSA) is 51.8 Å². The summed E-state index contributed by atoms with van der Waals surface area (Å²) in [5.41, 5.74) is 5.02. The molecule has 0 spiro atoms. The number of aliphatic imine (C=N–C) groups is 1. The Balaban J connectivity index is 1.59. The largest absolute Gasteiger partial charge is 0.492 e. The lowest BCUT2D eigenvalue weighted by atomic mass is 9.87. The molecule has 3 heterocycles. The highest BCUT2D eigenvalue weighted by Gasteiger charge is 2.38. The number of benzene rings is 3. The highest BCUT2D eigenvalue weighted by atomic mass is 35.5. The monoisotopic (exact) mass is 459 g/mol. The van der Waals surface area contributed by atoms with E-state index in [9.17, 15) is 4.79 Å². The van der Waals surface area contributed by atoms with Crippen LogP contribution < -0.4 is 10.2 Å². The van der Waals surface area contributed by atoms with Crippen molar-refractivity contribution in [3.63, 3.8) is 0 Å². The van der Waals surface area contributed by atoms with Gasteiger partial charge >= 0.3 is 0 Å². The van der Waals surface area contributed by atoms with Crippen molar-refractivity contribution in [2.75, 3.05) is 6.61 Å². The zero-order chi connectivity index (χ0) is 21.8. The maximum absolute atomic E-state index is 13.6. The van der Waals surface area contributed by atoms with Gasteiger partial charge in [-0.25, -0.2) is 0 Å². The molecule has 0 fully saturated rings. The number of para-hydroxylation sites is 1. The van der Waals surface area contributed by atoms with Gasteiger partial charge in [0.25, 0.3) is 0 Å². The van der Waals surface area contributed by atoms with Gasteiger partial charge < -0.3 is 9.15 Å². The molecule has 0 saturated heterocycles. The predicted molar refractivity (Wildman–Crippen MR) is 129 cm³/mol. The van der Waals surface area contributed by atoms with Crippen molar-refractivity contribution in [1.82, 2.24) is 0 Å². The molecule has 3 aromatic carbocycles. The van der Waals surface area contributed by atoms with Gasteiger partial charge in [-0.3, -0.25) is 9.79 Å². The normalized spacial score (nSPS) is 19.2. The van der Waals surface area contributed by atoms with Crippen LogP contribution in [0.5, 0.6) is 5.75 Å². The Kier molecular flexibility index (Phi) is 4.63. The highest BCUT2D eigenvalue weighted by molar-refractivity contribution is 7.99. The number of aryl methyl sites for hydroxylation is 1. The molecule has 0 N–H and O–H groups in total. The fraction of sp³-hybridized carbons (Fsp3) is 0.154. The minimum absolute atomic E-state index is 0.0694. The van der Waals surface area contributed by atoms with Gasteiger partial charge in [-0.05, 0) is 49.4 Å². The van der Waals surface area contributed by atoms with Gasteiger partial charge in [0, 0.05) is 21.0 Å². The molecule has 0 saturated carbocycles. The smallest absolute Gasteiger partial charge is 0.197 e. The van der Waals surface area contributed by atoms with Crippen molar-refractivity contribution < 1.29 is 9.15 Å². The van der Waals surface area contributed by atoms with Gasteiger partial charge in [0.2, 0.25) is 0 Å². The molecule has 6 heteroatoms. The lowest BCUT2D eigenvalue weighted by Crippen LogP contribution is -2.33. The molecule has 0 aliphatic carbocycles. The summed E-state index contributed by atoms with van der Waals surface area (Å²) in [5, 5.41) is 0.777. The van der Waals surface area contributed by atoms with Crippen molar-refractivity contribution in [3.05, 3.63) is 98.9 Å². The number of hydrogen-bond donors (Lipinski definition) is 0. The van der Waals surface area contributed by atoms with E-state index in [1.165, 1.54) is 0 Å². The Labute approximate surface area is 193 Å². The average molecular weight is 460 g/mol. The van der Waals surface area contributed by atoms with Gasteiger partial charge in [0.15, 0.2) is 5.43 Å². The van der Waals surface area contributed by atoms with Crippen LogP contribution in [0, 0.1) is 12.8 Å². The standard InChI is InChI=1S/C26H18ClNO3S/c1-14-6-8-21-16(10-14)24-18(12-30-21)26(32-23-5-3-2-4-20(23)28-24)19-13-31-22-9-7-15(27)11-17(22)25(19)29/h2-11,13,18,26H,12H2,1H3/t18-,26+/m0/s1. The third-order valence-corrected chi connectivity index (χ3v) is 7.64. The predicted octanol–water partition coefficient (Wildman–Crippen LogP) is 6.73. The van der Waals surface area contributed by atoms with E-state index in [0.717, 1.165) is 33.2 Å². The second-order valence-electron chi connectivity index (χ2n) is 8.08. The van der Waals surface area contributed by atoms with Gasteiger partial charge in [-0.15, -0.1) is 11.8 Å². The minimum Gasteiger partial charge on any atom is -0.492 e. The van der Waals surface area contributed by atoms with E-state index in [4.69, 9.17) is 25.7 Å². The first-order valence-corrected chi connectivity index (χ1v) is 11.6.